The molecule has 1 aliphatic rings. The lowest BCUT2D eigenvalue weighted by molar-refractivity contribution is -0.118. The van der Waals surface area contributed by atoms with Crippen LogP contribution in [0, 0.1) is 0 Å². The molecule has 0 atom stereocenters. The van der Waals surface area contributed by atoms with Crippen molar-refractivity contribution in [1.82, 2.24) is 0 Å². The SMILES string of the molecule is O=C1Nc2cc(Cc3ccccc3Cl)ccc2C1(c1ccc(O)cc1)c1ccc(O)cc1. The van der Waals surface area contributed by atoms with Crippen molar-refractivity contribution in [1.29, 1.82) is 0 Å². The number of halogens is 1. The van der Waals surface area contributed by atoms with E-state index in [2.05, 4.69) is 5.32 Å². The Balaban J connectivity index is 1.66. The highest BCUT2D eigenvalue weighted by atomic mass is 35.5. The molecule has 0 spiro atoms. The summed E-state index contributed by atoms with van der Waals surface area (Å²) in [6.07, 6.45) is 0.647. The van der Waals surface area contributed by atoms with E-state index in [1.165, 1.54) is 0 Å². The molecule has 0 radical (unpaired) electrons. The molecule has 4 aromatic carbocycles. The van der Waals surface area contributed by atoms with E-state index in [-0.39, 0.29) is 17.4 Å². The van der Waals surface area contributed by atoms with Gasteiger partial charge < -0.3 is 15.5 Å². The number of hydrogen-bond acceptors (Lipinski definition) is 3. The lowest BCUT2D eigenvalue weighted by Crippen LogP contribution is -2.36. The fourth-order valence-corrected chi connectivity index (χ4v) is 4.70. The Morgan fingerprint density at radius 3 is 1.97 bits per heavy atom. The third kappa shape index (κ3) is 3.20. The molecule has 3 N–H and O–H groups in total. The number of rotatable bonds is 4. The summed E-state index contributed by atoms with van der Waals surface area (Å²) in [5.74, 6) is 0.0745. The van der Waals surface area contributed by atoms with E-state index in [0.717, 1.165) is 33.5 Å². The van der Waals surface area contributed by atoms with Crippen LogP contribution in [0.3, 0.4) is 0 Å². The van der Waals surface area contributed by atoms with Crippen LogP contribution in [-0.4, -0.2) is 16.1 Å². The van der Waals surface area contributed by atoms with E-state index in [4.69, 9.17) is 11.6 Å². The van der Waals surface area contributed by atoms with Gasteiger partial charge in [0.1, 0.15) is 16.9 Å². The van der Waals surface area contributed by atoms with E-state index in [0.29, 0.717) is 11.4 Å². The summed E-state index contributed by atoms with van der Waals surface area (Å²) in [6.45, 7) is 0. The van der Waals surface area contributed by atoms with Gasteiger partial charge in [-0.05, 0) is 65.1 Å². The van der Waals surface area contributed by atoms with Gasteiger partial charge in [0.2, 0.25) is 5.91 Å². The van der Waals surface area contributed by atoms with Crippen molar-refractivity contribution in [3.05, 3.63) is 124 Å². The summed E-state index contributed by atoms with van der Waals surface area (Å²) in [4.78, 5) is 13.6. The molecule has 5 rings (SSSR count). The number of nitrogens with one attached hydrogen (secondary N) is 1. The Labute approximate surface area is 190 Å². The summed E-state index contributed by atoms with van der Waals surface area (Å²) in [7, 11) is 0. The molecule has 0 aliphatic carbocycles. The van der Waals surface area contributed by atoms with Gasteiger partial charge in [0.05, 0.1) is 0 Å². The molecule has 0 saturated carbocycles. The standard InChI is InChI=1S/C27H20ClNO3/c28-24-4-2-1-3-18(24)15-17-5-14-23-25(16-17)29-26(32)27(23,19-6-10-21(30)11-7-19)20-8-12-22(31)13-9-20/h1-14,16,30-31H,15H2,(H,29,32). The highest BCUT2D eigenvalue weighted by Crippen LogP contribution is 2.48. The average molecular weight is 442 g/mol. The number of anilines is 1. The molecule has 4 aromatic rings. The number of aromatic hydroxyl groups is 2. The molecule has 1 amide bonds. The minimum Gasteiger partial charge on any atom is -0.508 e. The summed E-state index contributed by atoms with van der Waals surface area (Å²) >= 11 is 6.33. The minimum atomic E-state index is -1.10. The van der Waals surface area contributed by atoms with Crippen LogP contribution in [0.4, 0.5) is 5.69 Å². The Bertz CT molecular complexity index is 1270. The maximum absolute atomic E-state index is 13.6. The molecular formula is C27H20ClNO3. The zero-order valence-corrected chi connectivity index (χ0v) is 17.8. The van der Waals surface area contributed by atoms with E-state index in [1.54, 1.807) is 48.5 Å². The van der Waals surface area contributed by atoms with Crippen LogP contribution in [0.15, 0.2) is 91.0 Å². The van der Waals surface area contributed by atoms with Crippen LogP contribution in [0.5, 0.6) is 11.5 Å². The second kappa shape index (κ2) is 7.74. The average Bonchev–Trinajstić information content (AvgIpc) is 3.08. The first-order valence-corrected chi connectivity index (χ1v) is 10.6. The third-order valence-corrected chi connectivity index (χ3v) is 6.40. The molecule has 1 aliphatic heterocycles. The molecule has 0 bridgehead atoms. The molecule has 1 heterocycles. The number of phenols is 2. The van der Waals surface area contributed by atoms with Crippen molar-refractivity contribution < 1.29 is 15.0 Å². The van der Waals surface area contributed by atoms with Gasteiger partial charge in [0.25, 0.3) is 0 Å². The number of carbonyl (C=O) groups is 1. The summed E-state index contributed by atoms with van der Waals surface area (Å²) < 4.78 is 0. The molecule has 0 aromatic heterocycles. The first-order valence-electron chi connectivity index (χ1n) is 10.3. The molecule has 0 saturated heterocycles. The maximum atomic E-state index is 13.6. The predicted molar refractivity (Wildman–Crippen MR) is 125 cm³/mol. The highest BCUT2D eigenvalue weighted by molar-refractivity contribution is 6.31. The zero-order chi connectivity index (χ0) is 22.3. The largest absolute Gasteiger partial charge is 0.508 e. The first-order chi connectivity index (χ1) is 15.5. The summed E-state index contributed by atoms with van der Waals surface area (Å²) in [6, 6.07) is 27.0. The highest BCUT2D eigenvalue weighted by Gasteiger charge is 2.49. The van der Waals surface area contributed by atoms with Gasteiger partial charge in [0, 0.05) is 16.3 Å². The van der Waals surface area contributed by atoms with Gasteiger partial charge >= 0.3 is 0 Å². The number of amides is 1. The Hall–Kier alpha value is -3.76. The third-order valence-electron chi connectivity index (χ3n) is 6.03. The van der Waals surface area contributed by atoms with Gasteiger partial charge in [-0.25, -0.2) is 0 Å². The minimum absolute atomic E-state index is 0.128. The fourth-order valence-electron chi connectivity index (χ4n) is 4.49. The van der Waals surface area contributed by atoms with Crippen molar-refractivity contribution in [2.24, 2.45) is 0 Å². The fraction of sp³-hybridized carbons (Fsp3) is 0.0741. The van der Waals surface area contributed by atoms with Crippen molar-refractivity contribution in [3.8, 4) is 11.5 Å². The predicted octanol–water partition coefficient (Wildman–Crippen LogP) is 5.63. The lowest BCUT2D eigenvalue weighted by atomic mass is 9.70. The van der Waals surface area contributed by atoms with Gasteiger partial charge in [-0.1, -0.05) is 66.2 Å². The van der Waals surface area contributed by atoms with E-state index in [1.807, 2.05) is 42.5 Å². The van der Waals surface area contributed by atoms with Crippen LogP contribution in [0.25, 0.3) is 0 Å². The van der Waals surface area contributed by atoms with E-state index >= 15 is 0 Å². The van der Waals surface area contributed by atoms with E-state index in [9.17, 15) is 15.0 Å². The van der Waals surface area contributed by atoms with Gasteiger partial charge in [-0.2, -0.15) is 0 Å². The first kappa shape index (κ1) is 20.2. The maximum Gasteiger partial charge on any atom is 0.244 e. The molecule has 0 fully saturated rings. The second-order valence-corrected chi connectivity index (χ2v) is 8.35. The van der Waals surface area contributed by atoms with Crippen molar-refractivity contribution in [2.75, 3.05) is 5.32 Å². The zero-order valence-electron chi connectivity index (χ0n) is 17.0. The van der Waals surface area contributed by atoms with Gasteiger partial charge in [-0.3, -0.25) is 4.79 Å². The molecule has 5 heteroatoms. The van der Waals surface area contributed by atoms with E-state index < -0.39 is 5.41 Å². The Morgan fingerprint density at radius 2 is 1.38 bits per heavy atom. The second-order valence-electron chi connectivity index (χ2n) is 7.95. The number of carbonyl (C=O) groups excluding carboxylic acids is 1. The Kier molecular flexibility index (Phi) is 4.87. The molecule has 32 heavy (non-hydrogen) atoms. The van der Waals surface area contributed by atoms with Crippen molar-refractivity contribution in [3.63, 3.8) is 0 Å². The Morgan fingerprint density at radius 1 is 0.781 bits per heavy atom. The van der Waals surface area contributed by atoms with Crippen LogP contribution in [-0.2, 0) is 16.6 Å². The van der Waals surface area contributed by atoms with Gasteiger partial charge in [-0.15, -0.1) is 0 Å². The topological polar surface area (TPSA) is 69.6 Å². The normalized spacial score (nSPS) is 14.1. The lowest BCUT2D eigenvalue weighted by Gasteiger charge is -2.29. The number of phenolic OH excluding ortho intramolecular Hbond substituents is 2. The number of hydrogen-bond donors (Lipinski definition) is 3. The smallest absolute Gasteiger partial charge is 0.244 e. The molecule has 158 valence electrons. The van der Waals surface area contributed by atoms with Gasteiger partial charge in [0.15, 0.2) is 0 Å². The quantitative estimate of drug-likeness (QED) is 0.384. The molecule has 4 nitrogen and oxygen atoms in total. The van der Waals surface area contributed by atoms with Crippen molar-refractivity contribution in [2.45, 2.75) is 11.8 Å². The molecule has 0 unspecified atom stereocenters. The molecular weight excluding hydrogens is 422 g/mol. The van der Waals surface area contributed by atoms with Crippen LogP contribution in [0.1, 0.15) is 27.8 Å². The summed E-state index contributed by atoms with van der Waals surface area (Å²) in [5, 5.41) is 23.4. The van der Waals surface area contributed by atoms with Crippen LogP contribution >= 0.6 is 11.6 Å². The summed E-state index contributed by atoms with van der Waals surface area (Å²) in [5.41, 5.74) is 3.97. The van der Waals surface area contributed by atoms with Crippen LogP contribution < -0.4 is 5.32 Å². The number of benzene rings is 4. The van der Waals surface area contributed by atoms with Crippen LogP contribution in [0.2, 0.25) is 5.02 Å². The van der Waals surface area contributed by atoms with Crippen molar-refractivity contribution >= 4 is 23.2 Å². The monoisotopic (exact) mass is 441 g/mol. The number of fused-ring (bicyclic) bond motifs is 1.